The van der Waals surface area contributed by atoms with Crippen LogP contribution in [-0.2, 0) is 14.3 Å². The minimum Gasteiger partial charge on any atom is -0.508 e. The van der Waals surface area contributed by atoms with Crippen molar-refractivity contribution in [2.75, 3.05) is 6.61 Å². The Bertz CT molecular complexity index is 835. The quantitative estimate of drug-likeness (QED) is 0.672. The molecule has 1 aliphatic rings. The zero-order valence-corrected chi connectivity index (χ0v) is 15.3. The third-order valence-electron chi connectivity index (χ3n) is 4.69. The number of rotatable bonds is 7. The van der Waals surface area contributed by atoms with Gasteiger partial charge in [-0.15, -0.1) is 0 Å². The van der Waals surface area contributed by atoms with Gasteiger partial charge in [0.2, 0.25) is 0 Å². The molecule has 0 spiro atoms. The molecule has 0 saturated carbocycles. The molecule has 0 aromatic heterocycles. The zero-order chi connectivity index (χ0) is 19.9. The maximum Gasteiger partial charge on any atom is 0.303 e. The fourth-order valence-electron chi connectivity index (χ4n) is 3.25. The fourth-order valence-corrected chi connectivity index (χ4v) is 3.25. The van der Waals surface area contributed by atoms with E-state index in [-0.39, 0.29) is 18.1 Å². The van der Waals surface area contributed by atoms with Crippen molar-refractivity contribution >= 4 is 5.97 Å². The van der Waals surface area contributed by atoms with Crippen molar-refractivity contribution in [1.29, 1.82) is 0 Å². The highest BCUT2D eigenvalue weighted by Crippen LogP contribution is 2.42. The fraction of sp³-hybridized carbons (Fsp3) is 0.318. The molecule has 1 saturated heterocycles. The molecule has 0 bridgehead atoms. The maximum atomic E-state index is 14.2. The topological polar surface area (TPSA) is 76.0 Å². The van der Waals surface area contributed by atoms with Gasteiger partial charge in [-0.1, -0.05) is 48.6 Å². The van der Waals surface area contributed by atoms with Crippen molar-refractivity contribution in [2.24, 2.45) is 5.92 Å². The number of hydrogen-bond donors (Lipinski definition) is 2. The molecule has 1 heterocycles. The Balaban J connectivity index is 1.77. The number of aromatic hydroxyl groups is 1. The summed E-state index contributed by atoms with van der Waals surface area (Å²) in [4.78, 5) is 10.6. The molecule has 5 nitrogen and oxygen atoms in total. The van der Waals surface area contributed by atoms with E-state index in [9.17, 15) is 14.3 Å². The van der Waals surface area contributed by atoms with E-state index >= 15 is 0 Å². The van der Waals surface area contributed by atoms with Gasteiger partial charge in [0.05, 0.1) is 12.7 Å². The number of halogens is 1. The molecule has 28 heavy (non-hydrogen) atoms. The van der Waals surface area contributed by atoms with Crippen molar-refractivity contribution in [1.82, 2.24) is 0 Å². The Morgan fingerprint density at radius 1 is 1.11 bits per heavy atom. The molecular formula is C22H23FO5. The molecule has 0 radical (unpaired) electrons. The predicted molar refractivity (Wildman–Crippen MR) is 101 cm³/mol. The number of phenolic OH excluding ortho intramolecular Hbond substituents is 1. The molecule has 6 heteroatoms. The van der Waals surface area contributed by atoms with Crippen molar-refractivity contribution in [3.05, 3.63) is 77.6 Å². The Hall–Kier alpha value is -2.70. The van der Waals surface area contributed by atoms with Gasteiger partial charge in [0.25, 0.3) is 0 Å². The summed E-state index contributed by atoms with van der Waals surface area (Å²) < 4.78 is 26.0. The first-order valence-electron chi connectivity index (χ1n) is 9.22. The summed E-state index contributed by atoms with van der Waals surface area (Å²) in [5.74, 6) is -1.23. The molecule has 1 fully saturated rings. The Kier molecular flexibility index (Phi) is 6.79. The second-order valence-electron chi connectivity index (χ2n) is 6.70. The van der Waals surface area contributed by atoms with Crippen LogP contribution < -0.4 is 0 Å². The highest BCUT2D eigenvalue weighted by Gasteiger charge is 2.35. The Morgan fingerprint density at radius 2 is 1.82 bits per heavy atom. The van der Waals surface area contributed by atoms with Crippen LogP contribution in [0.2, 0.25) is 0 Å². The normalized spacial score (nSPS) is 22.4. The summed E-state index contributed by atoms with van der Waals surface area (Å²) in [7, 11) is 0. The van der Waals surface area contributed by atoms with E-state index in [1.807, 2.05) is 18.2 Å². The predicted octanol–water partition coefficient (Wildman–Crippen LogP) is 4.75. The van der Waals surface area contributed by atoms with E-state index in [1.54, 1.807) is 36.4 Å². The van der Waals surface area contributed by atoms with Gasteiger partial charge in [-0.05, 0) is 25.0 Å². The first kappa shape index (κ1) is 20.0. The van der Waals surface area contributed by atoms with Crippen LogP contribution >= 0.6 is 0 Å². The number of carbonyl (C=O) groups is 1. The number of carboxylic acids is 1. The molecule has 3 atom stereocenters. The minimum absolute atomic E-state index is 0.0758. The number of hydrogen-bond acceptors (Lipinski definition) is 4. The lowest BCUT2D eigenvalue weighted by Gasteiger charge is -2.37. The number of ether oxygens (including phenoxy) is 2. The lowest BCUT2D eigenvalue weighted by Crippen LogP contribution is -2.30. The summed E-state index contributed by atoms with van der Waals surface area (Å²) in [5, 5.41) is 19.0. The van der Waals surface area contributed by atoms with Gasteiger partial charge in [-0.25, -0.2) is 4.39 Å². The van der Waals surface area contributed by atoms with Gasteiger partial charge in [-0.3, -0.25) is 4.79 Å². The van der Waals surface area contributed by atoms with E-state index in [2.05, 4.69) is 0 Å². The number of benzene rings is 2. The minimum atomic E-state index is -0.863. The lowest BCUT2D eigenvalue weighted by atomic mass is 9.91. The second kappa shape index (κ2) is 9.48. The van der Waals surface area contributed by atoms with Gasteiger partial charge < -0.3 is 19.7 Å². The molecule has 0 aliphatic carbocycles. The van der Waals surface area contributed by atoms with E-state index in [1.165, 1.54) is 6.07 Å². The van der Waals surface area contributed by atoms with Crippen LogP contribution in [0.3, 0.4) is 0 Å². The van der Waals surface area contributed by atoms with Crippen molar-refractivity contribution in [3.63, 3.8) is 0 Å². The first-order chi connectivity index (χ1) is 13.6. The van der Waals surface area contributed by atoms with Gasteiger partial charge >= 0.3 is 5.97 Å². The number of allylic oxidation sites excluding steroid dienone is 2. The van der Waals surface area contributed by atoms with Crippen molar-refractivity contribution < 1.29 is 28.9 Å². The number of para-hydroxylation sites is 1. The van der Waals surface area contributed by atoms with E-state index in [4.69, 9.17) is 14.6 Å². The highest BCUT2D eigenvalue weighted by atomic mass is 19.1. The van der Waals surface area contributed by atoms with Gasteiger partial charge in [-0.2, -0.15) is 0 Å². The van der Waals surface area contributed by atoms with E-state index in [0.717, 1.165) is 0 Å². The number of aliphatic carboxylic acids is 1. The Labute approximate surface area is 163 Å². The van der Waals surface area contributed by atoms with Crippen molar-refractivity contribution in [2.45, 2.75) is 31.7 Å². The SMILES string of the molecule is O=C(O)CC/C=C\C[C@@H]1CO[C@H](c2ccccc2F)O[C@@H]1c1ccccc1O. The van der Waals surface area contributed by atoms with Gasteiger partial charge in [0.15, 0.2) is 6.29 Å². The van der Waals surface area contributed by atoms with Crippen LogP contribution in [0.25, 0.3) is 0 Å². The first-order valence-corrected chi connectivity index (χ1v) is 9.22. The number of phenols is 1. The summed E-state index contributed by atoms with van der Waals surface area (Å²) >= 11 is 0. The van der Waals surface area contributed by atoms with Crippen LogP contribution in [0.15, 0.2) is 60.7 Å². The van der Waals surface area contributed by atoms with Crippen LogP contribution in [0, 0.1) is 11.7 Å². The highest BCUT2D eigenvalue weighted by molar-refractivity contribution is 5.66. The standard InChI is InChI=1S/C22H23FO5/c23-18-11-6-4-9-16(18)22-27-14-15(8-2-1-3-13-20(25)26)21(28-22)17-10-5-7-12-19(17)24/h1-2,4-7,9-12,15,21-22,24H,3,8,13-14H2,(H,25,26)/b2-1-/t15-,21+,22+/m1/s1. The van der Waals surface area contributed by atoms with E-state index < -0.39 is 24.2 Å². The molecule has 148 valence electrons. The summed E-state index contributed by atoms with van der Waals surface area (Å²) in [6.07, 6.45) is 3.48. The third kappa shape index (κ3) is 4.97. The van der Waals surface area contributed by atoms with Gasteiger partial charge in [0.1, 0.15) is 11.6 Å². The zero-order valence-electron chi connectivity index (χ0n) is 15.3. The largest absolute Gasteiger partial charge is 0.508 e. The van der Waals surface area contributed by atoms with Crippen LogP contribution in [0.1, 0.15) is 42.8 Å². The summed E-state index contributed by atoms with van der Waals surface area (Å²) in [5.41, 5.74) is 0.939. The van der Waals surface area contributed by atoms with E-state index in [0.29, 0.717) is 30.6 Å². The molecule has 3 rings (SSSR count). The third-order valence-corrected chi connectivity index (χ3v) is 4.69. The average molecular weight is 386 g/mol. The average Bonchev–Trinajstić information content (AvgIpc) is 2.68. The molecule has 0 unspecified atom stereocenters. The molecule has 2 aromatic carbocycles. The maximum absolute atomic E-state index is 14.2. The monoisotopic (exact) mass is 386 g/mol. The van der Waals surface area contributed by atoms with Gasteiger partial charge in [0, 0.05) is 23.5 Å². The summed E-state index contributed by atoms with van der Waals surface area (Å²) in [6.45, 7) is 0.321. The molecular weight excluding hydrogens is 363 g/mol. The summed E-state index contributed by atoms with van der Waals surface area (Å²) in [6, 6.07) is 13.2. The smallest absolute Gasteiger partial charge is 0.303 e. The molecule has 2 aromatic rings. The van der Waals surface area contributed by atoms with Crippen molar-refractivity contribution in [3.8, 4) is 5.75 Å². The Morgan fingerprint density at radius 3 is 2.54 bits per heavy atom. The van der Waals surface area contributed by atoms with Crippen LogP contribution in [-0.4, -0.2) is 22.8 Å². The molecule has 1 aliphatic heterocycles. The lowest BCUT2D eigenvalue weighted by molar-refractivity contribution is -0.245. The van der Waals surface area contributed by atoms with Crippen LogP contribution in [0.5, 0.6) is 5.75 Å². The number of carboxylic acid groups (broad SMARTS) is 1. The van der Waals surface area contributed by atoms with Crippen LogP contribution in [0.4, 0.5) is 4.39 Å². The molecule has 2 N–H and O–H groups in total. The molecule has 0 amide bonds. The second-order valence-corrected chi connectivity index (χ2v) is 6.70.